The van der Waals surface area contributed by atoms with Crippen molar-refractivity contribution in [3.63, 3.8) is 0 Å². The zero-order valence-electron chi connectivity index (χ0n) is 16.7. The van der Waals surface area contributed by atoms with Crippen LogP contribution in [0.25, 0.3) is 0 Å². The van der Waals surface area contributed by atoms with E-state index >= 15 is 0 Å². The predicted molar refractivity (Wildman–Crippen MR) is 117 cm³/mol. The van der Waals surface area contributed by atoms with Crippen LogP contribution < -0.4 is 10.6 Å². The summed E-state index contributed by atoms with van der Waals surface area (Å²) in [4.78, 5) is 7.90. The molecule has 8 heteroatoms. The number of nitrogens with zero attached hydrogens (tertiary/aromatic N) is 2. The van der Waals surface area contributed by atoms with Crippen molar-refractivity contribution in [2.24, 2.45) is 0 Å². The van der Waals surface area contributed by atoms with Gasteiger partial charge in [0, 0.05) is 22.6 Å². The van der Waals surface area contributed by atoms with Gasteiger partial charge in [-0.15, -0.1) is 0 Å². The van der Waals surface area contributed by atoms with E-state index in [0.29, 0.717) is 22.3 Å². The van der Waals surface area contributed by atoms with Gasteiger partial charge in [-0.2, -0.15) is 18.2 Å². The minimum Gasteiger partial charge on any atom is -0.340 e. The van der Waals surface area contributed by atoms with Crippen LogP contribution in [0.5, 0.6) is 0 Å². The standard InChI is InChI=1S/C23H22ClF3N4/c24-17-8-12-19(13-9-17)30-22-28-14-20(23(25,26)27)21(31-22)29-18-10-6-16(7-11-18)15-4-2-1-3-5-15/h6-15H,1-5H2,(H2,28,29,30,31). The molecular formula is C23H22ClF3N4. The fourth-order valence-electron chi connectivity index (χ4n) is 3.82. The number of aromatic nitrogens is 2. The number of anilines is 4. The molecule has 2 aromatic carbocycles. The molecule has 0 aliphatic heterocycles. The highest BCUT2D eigenvalue weighted by Crippen LogP contribution is 2.36. The molecule has 0 radical (unpaired) electrons. The molecule has 1 aromatic heterocycles. The normalized spacial score (nSPS) is 15.0. The number of hydrogen-bond donors (Lipinski definition) is 2. The first-order valence-corrected chi connectivity index (χ1v) is 10.6. The lowest BCUT2D eigenvalue weighted by atomic mass is 9.84. The van der Waals surface area contributed by atoms with E-state index in [1.807, 2.05) is 12.1 Å². The Balaban J connectivity index is 1.56. The molecule has 1 aliphatic carbocycles. The van der Waals surface area contributed by atoms with Gasteiger partial charge in [-0.3, -0.25) is 0 Å². The Labute approximate surface area is 183 Å². The van der Waals surface area contributed by atoms with Crippen molar-refractivity contribution >= 4 is 34.7 Å². The molecule has 1 heterocycles. The van der Waals surface area contributed by atoms with Gasteiger partial charge in [-0.25, -0.2) is 4.98 Å². The molecule has 0 amide bonds. The van der Waals surface area contributed by atoms with Crippen LogP contribution in [0.3, 0.4) is 0 Å². The van der Waals surface area contributed by atoms with Gasteiger partial charge in [0.2, 0.25) is 5.95 Å². The average molecular weight is 447 g/mol. The van der Waals surface area contributed by atoms with Crippen LogP contribution in [-0.2, 0) is 6.18 Å². The number of halogens is 4. The van der Waals surface area contributed by atoms with Gasteiger partial charge in [0.15, 0.2) is 0 Å². The highest BCUT2D eigenvalue weighted by Gasteiger charge is 2.35. The van der Waals surface area contributed by atoms with Gasteiger partial charge in [-0.1, -0.05) is 43.0 Å². The minimum absolute atomic E-state index is 0.0525. The number of alkyl halides is 3. The number of nitrogens with one attached hydrogen (secondary N) is 2. The Morgan fingerprint density at radius 1 is 0.839 bits per heavy atom. The summed E-state index contributed by atoms with van der Waals surface area (Å²) in [6.07, 6.45) is 2.25. The molecule has 31 heavy (non-hydrogen) atoms. The average Bonchev–Trinajstić information content (AvgIpc) is 2.76. The second-order valence-electron chi connectivity index (χ2n) is 7.67. The highest BCUT2D eigenvalue weighted by atomic mass is 35.5. The summed E-state index contributed by atoms with van der Waals surface area (Å²) in [6.45, 7) is 0. The van der Waals surface area contributed by atoms with Crippen LogP contribution in [0.15, 0.2) is 54.7 Å². The van der Waals surface area contributed by atoms with Crippen molar-refractivity contribution in [1.29, 1.82) is 0 Å². The SMILES string of the molecule is FC(F)(F)c1cnc(Nc2ccc(Cl)cc2)nc1Nc1ccc(C2CCCCC2)cc1. The van der Waals surface area contributed by atoms with E-state index in [-0.39, 0.29) is 11.8 Å². The maximum atomic E-state index is 13.5. The molecule has 0 saturated heterocycles. The van der Waals surface area contributed by atoms with E-state index in [9.17, 15) is 13.2 Å². The molecule has 0 bridgehead atoms. The first-order valence-electron chi connectivity index (χ1n) is 10.2. The highest BCUT2D eigenvalue weighted by molar-refractivity contribution is 6.30. The van der Waals surface area contributed by atoms with Gasteiger partial charge in [0.25, 0.3) is 0 Å². The van der Waals surface area contributed by atoms with Crippen molar-refractivity contribution in [3.05, 3.63) is 70.9 Å². The van der Waals surface area contributed by atoms with Crippen LogP contribution in [-0.4, -0.2) is 9.97 Å². The van der Waals surface area contributed by atoms with Crippen LogP contribution >= 0.6 is 11.6 Å². The molecule has 3 aromatic rings. The molecule has 0 spiro atoms. The van der Waals surface area contributed by atoms with Crippen LogP contribution in [0.1, 0.15) is 49.1 Å². The molecular weight excluding hydrogens is 425 g/mol. The Bertz CT molecular complexity index is 1010. The third kappa shape index (κ3) is 5.47. The van der Waals surface area contributed by atoms with E-state index in [4.69, 9.17) is 11.6 Å². The second-order valence-corrected chi connectivity index (χ2v) is 8.10. The fourth-order valence-corrected chi connectivity index (χ4v) is 3.94. The molecule has 2 N–H and O–H groups in total. The Kier molecular flexibility index (Phi) is 6.32. The van der Waals surface area contributed by atoms with Crippen molar-refractivity contribution in [1.82, 2.24) is 9.97 Å². The van der Waals surface area contributed by atoms with Gasteiger partial charge >= 0.3 is 6.18 Å². The van der Waals surface area contributed by atoms with Gasteiger partial charge < -0.3 is 10.6 Å². The summed E-state index contributed by atoms with van der Waals surface area (Å²) < 4.78 is 40.5. The summed E-state index contributed by atoms with van der Waals surface area (Å²) in [5.41, 5.74) is 1.47. The molecule has 1 saturated carbocycles. The van der Waals surface area contributed by atoms with Crippen LogP contribution in [0.2, 0.25) is 5.02 Å². The lowest BCUT2D eigenvalue weighted by molar-refractivity contribution is -0.137. The predicted octanol–water partition coefficient (Wildman–Crippen LogP) is 7.68. The van der Waals surface area contributed by atoms with Gasteiger partial charge in [-0.05, 0) is 60.7 Å². The Morgan fingerprint density at radius 3 is 2.10 bits per heavy atom. The summed E-state index contributed by atoms with van der Waals surface area (Å²) in [6, 6.07) is 14.3. The van der Waals surface area contributed by atoms with Crippen molar-refractivity contribution in [2.75, 3.05) is 10.6 Å². The minimum atomic E-state index is -4.58. The van der Waals surface area contributed by atoms with Crippen molar-refractivity contribution < 1.29 is 13.2 Å². The smallest absolute Gasteiger partial charge is 0.340 e. The van der Waals surface area contributed by atoms with Gasteiger partial charge in [0.1, 0.15) is 11.4 Å². The first-order chi connectivity index (χ1) is 14.9. The van der Waals surface area contributed by atoms with E-state index in [2.05, 4.69) is 20.6 Å². The largest absolute Gasteiger partial charge is 0.421 e. The summed E-state index contributed by atoms with van der Waals surface area (Å²) >= 11 is 5.87. The lowest BCUT2D eigenvalue weighted by Gasteiger charge is -2.22. The summed E-state index contributed by atoms with van der Waals surface area (Å²) in [5, 5.41) is 6.27. The maximum absolute atomic E-state index is 13.5. The van der Waals surface area contributed by atoms with Crippen LogP contribution in [0, 0.1) is 0 Å². The molecule has 4 rings (SSSR count). The third-order valence-corrected chi connectivity index (χ3v) is 5.70. The Hall–Kier alpha value is -2.80. The van der Waals surface area contributed by atoms with E-state index in [0.717, 1.165) is 19.0 Å². The zero-order valence-corrected chi connectivity index (χ0v) is 17.5. The quantitative estimate of drug-likeness (QED) is 0.422. The Morgan fingerprint density at radius 2 is 1.45 bits per heavy atom. The first kappa shape index (κ1) is 21.4. The number of rotatable bonds is 5. The maximum Gasteiger partial charge on any atom is 0.421 e. The fraction of sp³-hybridized carbons (Fsp3) is 0.304. The molecule has 0 atom stereocenters. The van der Waals surface area contributed by atoms with Crippen LogP contribution in [0.4, 0.5) is 36.3 Å². The monoisotopic (exact) mass is 446 g/mol. The summed E-state index contributed by atoms with van der Waals surface area (Å²) in [7, 11) is 0. The lowest BCUT2D eigenvalue weighted by Crippen LogP contribution is -2.12. The number of benzene rings is 2. The molecule has 162 valence electrons. The van der Waals surface area contributed by atoms with Gasteiger partial charge in [0.05, 0.1) is 0 Å². The zero-order chi connectivity index (χ0) is 21.8. The topological polar surface area (TPSA) is 49.8 Å². The molecule has 0 unspecified atom stereocenters. The molecule has 1 fully saturated rings. The summed E-state index contributed by atoms with van der Waals surface area (Å²) in [5.74, 6) is 0.281. The second kappa shape index (κ2) is 9.14. The van der Waals surface area contributed by atoms with E-state index < -0.39 is 11.7 Å². The number of hydrogen-bond acceptors (Lipinski definition) is 4. The van der Waals surface area contributed by atoms with Crippen molar-refractivity contribution in [2.45, 2.75) is 44.2 Å². The third-order valence-electron chi connectivity index (χ3n) is 5.44. The van der Waals surface area contributed by atoms with E-state index in [1.54, 1.807) is 36.4 Å². The molecule has 4 nitrogen and oxygen atoms in total. The molecule has 1 aliphatic rings. The van der Waals surface area contributed by atoms with E-state index in [1.165, 1.54) is 24.8 Å². The van der Waals surface area contributed by atoms with Crippen molar-refractivity contribution in [3.8, 4) is 0 Å².